The Morgan fingerprint density at radius 2 is 1.84 bits per heavy atom. The number of aromatic nitrogens is 2. The summed E-state index contributed by atoms with van der Waals surface area (Å²) >= 11 is 3.41. The zero-order chi connectivity index (χ0) is 14.0. The van der Waals surface area contributed by atoms with Gasteiger partial charge in [-0.1, -0.05) is 12.1 Å². The molecule has 2 rings (SSSR count). The summed E-state index contributed by atoms with van der Waals surface area (Å²) in [5, 5.41) is 2.90. The highest BCUT2D eigenvalue weighted by Gasteiger charge is 2.12. The predicted octanol–water partition coefficient (Wildman–Crippen LogP) is 4.00. The average Bonchev–Trinajstić information content (AvgIpc) is 2.41. The lowest BCUT2D eigenvalue weighted by molar-refractivity contribution is 0.451. The topological polar surface area (TPSA) is 47.0 Å². The number of hydrogen-bond acceptors (Lipinski definition) is 4. The van der Waals surface area contributed by atoms with E-state index in [9.17, 15) is 0 Å². The molecule has 1 N–H and O–H groups in total. The standard InChI is InChI=1S/C14H16BrN3O/c1-8-5-6-9(2)12(10(8)3)19-13-11(15)7-17-14(16-4)18-13/h5-7H,1-4H3,(H,16,17,18). The second-order valence-corrected chi connectivity index (χ2v) is 5.21. The maximum atomic E-state index is 5.96. The highest BCUT2D eigenvalue weighted by molar-refractivity contribution is 9.10. The van der Waals surface area contributed by atoms with Crippen molar-refractivity contribution in [2.45, 2.75) is 20.8 Å². The minimum absolute atomic E-state index is 0.510. The summed E-state index contributed by atoms with van der Waals surface area (Å²) in [5.74, 6) is 1.89. The summed E-state index contributed by atoms with van der Waals surface area (Å²) < 4.78 is 6.68. The van der Waals surface area contributed by atoms with E-state index in [0.29, 0.717) is 11.8 Å². The number of benzene rings is 1. The summed E-state index contributed by atoms with van der Waals surface area (Å²) in [5.41, 5.74) is 3.40. The van der Waals surface area contributed by atoms with E-state index in [1.54, 1.807) is 13.2 Å². The van der Waals surface area contributed by atoms with Crippen LogP contribution >= 0.6 is 15.9 Å². The van der Waals surface area contributed by atoms with E-state index in [0.717, 1.165) is 21.3 Å². The third-order valence-corrected chi connectivity index (χ3v) is 3.55. The minimum Gasteiger partial charge on any atom is -0.437 e. The molecular formula is C14H16BrN3O. The third kappa shape index (κ3) is 2.87. The fourth-order valence-electron chi connectivity index (χ4n) is 1.72. The van der Waals surface area contributed by atoms with Crippen molar-refractivity contribution >= 4 is 21.9 Å². The minimum atomic E-state index is 0.510. The Kier molecular flexibility index (Phi) is 4.04. The van der Waals surface area contributed by atoms with Crippen molar-refractivity contribution in [2.24, 2.45) is 0 Å². The van der Waals surface area contributed by atoms with Crippen LogP contribution in [0.15, 0.2) is 22.8 Å². The molecule has 0 unspecified atom stereocenters. The number of aryl methyl sites for hydroxylation is 2. The van der Waals surface area contributed by atoms with Gasteiger partial charge in [0.2, 0.25) is 11.8 Å². The summed E-state index contributed by atoms with van der Waals surface area (Å²) in [6, 6.07) is 4.14. The lowest BCUT2D eigenvalue weighted by Crippen LogP contribution is -2.00. The summed E-state index contributed by atoms with van der Waals surface area (Å²) in [4.78, 5) is 8.42. The number of nitrogens with one attached hydrogen (secondary N) is 1. The van der Waals surface area contributed by atoms with Gasteiger partial charge in [-0.25, -0.2) is 4.98 Å². The van der Waals surface area contributed by atoms with Crippen molar-refractivity contribution in [2.75, 3.05) is 12.4 Å². The zero-order valence-corrected chi connectivity index (χ0v) is 13.0. The molecule has 0 fully saturated rings. The Bertz CT molecular complexity index is 614. The number of ether oxygens (including phenoxy) is 1. The number of halogens is 1. The molecule has 0 aliphatic heterocycles. The van der Waals surface area contributed by atoms with Gasteiger partial charge in [-0.3, -0.25) is 0 Å². The van der Waals surface area contributed by atoms with Crippen LogP contribution in [0.25, 0.3) is 0 Å². The van der Waals surface area contributed by atoms with E-state index < -0.39 is 0 Å². The normalized spacial score (nSPS) is 10.4. The third-order valence-electron chi connectivity index (χ3n) is 3.01. The van der Waals surface area contributed by atoms with Gasteiger partial charge >= 0.3 is 0 Å². The lowest BCUT2D eigenvalue weighted by Gasteiger charge is -2.14. The molecule has 100 valence electrons. The largest absolute Gasteiger partial charge is 0.437 e. The van der Waals surface area contributed by atoms with Crippen LogP contribution in [0.5, 0.6) is 11.6 Å². The molecule has 0 amide bonds. The Balaban J connectivity index is 2.44. The molecular weight excluding hydrogens is 306 g/mol. The van der Waals surface area contributed by atoms with Crippen LogP contribution in [0.2, 0.25) is 0 Å². The van der Waals surface area contributed by atoms with E-state index in [4.69, 9.17) is 4.74 Å². The van der Waals surface area contributed by atoms with Gasteiger partial charge in [-0.15, -0.1) is 0 Å². The Labute approximate surface area is 121 Å². The number of nitrogens with zero attached hydrogens (tertiary/aromatic N) is 2. The quantitative estimate of drug-likeness (QED) is 0.928. The van der Waals surface area contributed by atoms with Gasteiger partial charge in [0.25, 0.3) is 0 Å². The van der Waals surface area contributed by atoms with E-state index in [1.807, 2.05) is 19.9 Å². The van der Waals surface area contributed by atoms with Crippen LogP contribution in [-0.4, -0.2) is 17.0 Å². The van der Waals surface area contributed by atoms with Crippen molar-refractivity contribution < 1.29 is 4.74 Å². The predicted molar refractivity (Wildman–Crippen MR) is 80.0 cm³/mol. The molecule has 0 atom stereocenters. The van der Waals surface area contributed by atoms with Crippen molar-refractivity contribution in [3.05, 3.63) is 39.5 Å². The average molecular weight is 322 g/mol. The van der Waals surface area contributed by atoms with Gasteiger partial charge in [0, 0.05) is 7.05 Å². The maximum absolute atomic E-state index is 5.96. The van der Waals surface area contributed by atoms with E-state index >= 15 is 0 Å². The highest BCUT2D eigenvalue weighted by Crippen LogP contribution is 2.33. The first-order chi connectivity index (χ1) is 9.02. The van der Waals surface area contributed by atoms with E-state index in [2.05, 4.69) is 44.2 Å². The fraction of sp³-hybridized carbons (Fsp3) is 0.286. The first-order valence-corrected chi connectivity index (χ1v) is 6.77. The molecule has 1 aromatic carbocycles. The molecule has 5 heteroatoms. The molecule has 0 saturated heterocycles. The molecule has 0 bridgehead atoms. The van der Waals surface area contributed by atoms with Crippen molar-refractivity contribution in [1.29, 1.82) is 0 Å². The van der Waals surface area contributed by atoms with Gasteiger partial charge in [0.05, 0.1) is 10.7 Å². The molecule has 0 aliphatic carbocycles. The van der Waals surface area contributed by atoms with E-state index in [1.165, 1.54) is 5.56 Å². The van der Waals surface area contributed by atoms with Gasteiger partial charge in [-0.2, -0.15) is 4.98 Å². The zero-order valence-electron chi connectivity index (χ0n) is 11.4. The van der Waals surface area contributed by atoms with E-state index in [-0.39, 0.29) is 0 Å². The molecule has 4 nitrogen and oxygen atoms in total. The molecule has 0 spiro atoms. The number of anilines is 1. The molecule has 0 radical (unpaired) electrons. The SMILES string of the molecule is CNc1ncc(Br)c(Oc2c(C)ccc(C)c2C)n1. The Morgan fingerprint density at radius 3 is 2.53 bits per heavy atom. The smallest absolute Gasteiger partial charge is 0.238 e. The van der Waals surface area contributed by atoms with Crippen LogP contribution in [0.1, 0.15) is 16.7 Å². The molecule has 1 heterocycles. The molecule has 19 heavy (non-hydrogen) atoms. The number of hydrogen-bond donors (Lipinski definition) is 1. The fourth-order valence-corrected chi connectivity index (χ4v) is 1.99. The number of rotatable bonds is 3. The first-order valence-electron chi connectivity index (χ1n) is 5.98. The second kappa shape index (κ2) is 5.57. The second-order valence-electron chi connectivity index (χ2n) is 4.35. The maximum Gasteiger partial charge on any atom is 0.238 e. The molecule has 2 aromatic rings. The summed E-state index contributed by atoms with van der Waals surface area (Å²) in [7, 11) is 1.77. The van der Waals surface area contributed by atoms with Crippen LogP contribution in [0.4, 0.5) is 5.95 Å². The van der Waals surface area contributed by atoms with Crippen molar-refractivity contribution in [1.82, 2.24) is 9.97 Å². The first kappa shape index (κ1) is 13.8. The Hall–Kier alpha value is -1.62. The molecule has 0 saturated carbocycles. The summed E-state index contributed by atoms with van der Waals surface area (Å²) in [6.07, 6.45) is 1.68. The molecule has 0 aliphatic rings. The summed E-state index contributed by atoms with van der Waals surface area (Å²) in [6.45, 7) is 6.14. The van der Waals surface area contributed by atoms with Crippen LogP contribution in [0.3, 0.4) is 0 Å². The van der Waals surface area contributed by atoms with Gasteiger partial charge in [-0.05, 0) is 53.4 Å². The monoisotopic (exact) mass is 321 g/mol. The van der Waals surface area contributed by atoms with Crippen LogP contribution in [0, 0.1) is 20.8 Å². The van der Waals surface area contributed by atoms with Crippen molar-refractivity contribution in [3.8, 4) is 11.6 Å². The molecule has 1 aromatic heterocycles. The van der Waals surface area contributed by atoms with Gasteiger partial charge < -0.3 is 10.1 Å². The van der Waals surface area contributed by atoms with Gasteiger partial charge in [0.1, 0.15) is 5.75 Å². The van der Waals surface area contributed by atoms with Gasteiger partial charge in [0.15, 0.2) is 0 Å². The lowest BCUT2D eigenvalue weighted by atomic mass is 10.1. The van der Waals surface area contributed by atoms with Crippen LogP contribution in [-0.2, 0) is 0 Å². The Morgan fingerprint density at radius 1 is 1.16 bits per heavy atom. The van der Waals surface area contributed by atoms with Crippen LogP contribution < -0.4 is 10.1 Å². The highest BCUT2D eigenvalue weighted by atomic mass is 79.9. The van der Waals surface area contributed by atoms with Crippen molar-refractivity contribution in [3.63, 3.8) is 0 Å².